The zero-order valence-corrected chi connectivity index (χ0v) is 9.07. The van der Waals surface area contributed by atoms with Crippen molar-refractivity contribution in [2.45, 2.75) is 19.9 Å². The van der Waals surface area contributed by atoms with Crippen LogP contribution in [0.4, 0.5) is 0 Å². The largest absolute Gasteiger partial charge is 0.476 e. The van der Waals surface area contributed by atoms with Crippen LogP contribution >= 0.6 is 0 Å². The molecule has 15 heavy (non-hydrogen) atoms. The Balaban J connectivity index is 2.46. The monoisotopic (exact) mass is 207 g/mol. The predicted octanol–water partition coefficient (Wildman–Crippen LogP) is 1.54. The van der Waals surface area contributed by atoms with Gasteiger partial charge < -0.3 is 10.1 Å². The second kappa shape index (κ2) is 6.95. The molecule has 82 valence electrons. The van der Waals surface area contributed by atoms with E-state index in [4.69, 9.17) is 4.74 Å². The van der Waals surface area contributed by atoms with Crippen LogP contribution in [0.25, 0.3) is 0 Å². The lowest BCUT2D eigenvalue weighted by Crippen LogP contribution is -2.13. The zero-order valence-electron chi connectivity index (χ0n) is 9.07. The second-order valence-corrected chi connectivity index (χ2v) is 3.05. The van der Waals surface area contributed by atoms with E-state index >= 15 is 0 Å². The lowest BCUT2D eigenvalue weighted by Gasteiger charge is -2.05. The number of aromatic nitrogens is 2. The average Bonchev–Trinajstić information content (AvgIpc) is 2.27. The third-order valence-corrected chi connectivity index (χ3v) is 1.79. The SMILES string of the molecule is C=CCCOc1cncc(CNCC)n1. The Morgan fingerprint density at radius 3 is 3.13 bits per heavy atom. The lowest BCUT2D eigenvalue weighted by molar-refractivity contribution is 0.309. The van der Waals surface area contributed by atoms with Crippen LogP contribution in [0.15, 0.2) is 25.0 Å². The number of ether oxygens (including phenoxy) is 1. The smallest absolute Gasteiger partial charge is 0.232 e. The number of rotatable bonds is 7. The molecule has 0 aliphatic rings. The van der Waals surface area contributed by atoms with Crippen LogP contribution in [-0.4, -0.2) is 23.1 Å². The van der Waals surface area contributed by atoms with Gasteiger partial charge in [-0.3, -0.25) is 4.98 Å². The van der Waals surface area contributed by atoms with Crippen molar-refractivity contribution in [1.82, 2.24) is 15.3 Å². The minimum atomic E-state index is 0.576. The highest BCUT2D eigenvalue weighted by atomic mass is 16.5. The van der Waals surface area contributed by atoms with E-state index in [2.05, 4.69) is 28.8 Å². The first-order valence-corrected chi connectivity index (χ1v) is 5.12. The fourth-order valence-corrected chi connectivity index (χ4v) is 1.04. The minimum Gasteiger partial charge on any atom is -0.476 e. The molecule has 4 heteroatoms. The topological polar surface area (TPSA) is 47.0 Å². The average molecular weight is 207 g/mol. The van der Waals surface area contributed by atoms with Gasteiger partial charge in [-0.1, -0.05) is 13.0 Å². The Morgan fingerprint density at radius 2 is 2.40 bits per heavy atom. The van der Waals surface area contributed by atoms with E-state index in [9.17, 15) is 0 Å². The fourth-order valence-electron chi connectivity index (χ4n) is 1.04. The molecule has 0 saturated carbocycles. The van der Waals surface area contributed by atoms with Gasteiger partial charge in [-0.05, 0) is 13.0 Å². The standard InChI is InChI=1S/C11H17N3O/c1-3-5-6-15-11-9-13-8-10(14-11)7-12-4-2/h3,8-9,12H,1,4-7H2,2H3. The number of hydrogen-bond acceptors (Lipinski definition) is 4. The van der Waals surface area contributed by atoms with Crippen molar-refractivity contribution in [3.05, 3.63) is 30.7 Å². The van der Waals surface area contributed by atoms with Crippen molar-refractivity contribution in [3.8, 4) is 5.88 Å². The van der Waals surface area contributed by atoms with Gasteiger partial charge in [0.1, 0.15) is 0 Å². The van der Waals surface area contributed by atoms with Crippen LogP contribution in [0.3, 0.4) is 0 Å². The first-order valence-electron chi connectivity index (χ1n) is 5.12. The van der Waals surface area contributed by atoms with Crippen LogP contribution in [0.5, 0.6) is 5.88 Å². The Hall–Kier alpha value is -1.42. The van der Waals surface area contributed by atoms with Gasteiger partial charge in [-0.15, -0.1) is 6.58 Å². The summed E-state index contributed by atoms with van der Waals surface area (Å²) in [6.07, 6.45) is 6.00. The molecule has 0 saturated heterocycles. The predicted molar refractivity (Wildman–Crippen MR) is 59.7 cm³/mol. The molecule has 0 spiro atoms. The third kappa shape index (κ3) is 4.56. The van der Waals surface area contributed by atoms with E-state index in [0.29, 0.717) is 12.5 Å². The molecule has 1 aromatic rings. The van der Waals surface area contributed by atoms with Crippen molar-refractivity contribution < 1.29 is 4.74 Å². The molecule has 0 bridgehead atoms. The van der Waals surface area contributed by atoms with Gasteiger partial charge in [-0.25, -0.2) is 4.98 Å². The van der Waals surface area contributed by atoms with Gasteiger partial charge in [0.25, 0.3) is 0 Å². The molecule has 0 fully saturated rings. The highest BCUT2D eigenvalue weighted by molar-refractivity contribution is 5.08. The highest BCUT2D eigenvalue weighted by Crippen LogP contribution is 2.05. The first-order chi connectivity index (χ1) is 7.36. The molecule has 0 aliphatic heterocycles. The Morgan fingerprint density at radius 1 is 1.53 bits per heavy atom. The van der Waals surface area contributed by atoms with Gasteiger partial charge in [0.05, 0.1) is 18.5 Å². The summed E-state index contributed by atoms with van der Waals surface area (Å²) in [4.78, 5) is 8.36. The quantitative estimate of drug-likeness (QED) is 0.544. The summed E-state index contributed by atoms with van der Waals surface area (Å²) in [6, 6.07) is 0. The molecular weight excluding hydrogens is 190 g/mol. The highest BCUT2D eigenvalue weighted by Gasteiger charge is 1.98. The third-order valence-electron chi connectivity index (χ3n) is 1.79. The summed E-state index contributed by atoms with van der Waals surface area (Å²) in [5.74, 6) is 0.576. The van der Waals surface area contributed by atoms with E-state index in [-0.39, 0.29) is 0 Å². The molecule has 4 nitrogen and oxygen atoms in total. The summed E-state index contributed by atoms with van der Waals surface area (Å²) in [5.41, 5.74) is 0.896. The summed E-state index contributed by atoms with van der Waals surface area (Å²) < 4.78 is 5.39. The van der Waals surface area contributed by atoms with Gasteiger partial charge in [-0.2, -0.15) is 0 Å². The van der Waals surface area contributed by atoms with E-state index in [1.165, 1.54) is 0 Å². The number of hydrogen-bond donors (Lipinski definition) is 1. The molecule has 0 radical (unpaired) electrons. The fraction of sp³-hybridized carbons (Fsp3) is 0.455. The summed E-state index contributed by atoms with van der Waals surface area (Å²) in [5, 5.41) is 3.18. The zero-order chi connectivity index (χ0) is 10.9. The van der Waals surface area contributed by atoms with Crippen molar-refractivity contribution in [2.75, 3.05) is 13.2 Å². The summed E-state index contributed by atoms with van der Waals surface area (Å²) in [7, 11) is 0. The molecule has 0 aliphatic carbocycles. The molecule has 1 heterocycles. The maximum atomic E-state index is 5.39. The molecule has 1 aromatic heterocycles. The summed E-state index contributed by atoms with van der Waals surface area (Å²) >= 11 is 0. The normalized spacial score (nSPS) is 9.93. The molecule has 1 N–H and O–H groups in total. The minimum absolute atomic E-state index is 0.576. The van der Waals surface area contributed by atoms with Crippen molar-refractivity contribution >= 4 is 0 Å². The molecule has 0 amide bonds. The van der Waals surface area contributed by atoms with Crippen LogP contribution in [0.2, 0.25) is 0 Å². The molecule has 0 unspecified atom stereocenters. The van der Waals surface area contributed by atoms with Gasteiger partial charge in [0.15, 0.2) is 0 Å². The Kier molecular flexibility index (Phi) is 5.40. The van der Waals surface area contributed by atoms with Gasteiger partial charge >= 0.3 is 0 Å². The Labute approximate surface area is 90.4 Å². The van der Waals surface area contributed by atoms with Crippen molar-refractivity contribution in [1.29, 1.82) is 0 Å². The molecule has 0 aromatic carbocycles. The number of nitrogens with one attached hydrogen (secondary N) is 1. The van der Waals surface area contributed by atoms with Crippen molar-refractivity contribution in [3.63, 3.8) is 0 Å². The van der Waals surface area contributed by atoms with Crippen LogP contribution < -0.4 is 10.1 Å². The van der Waals surface area contributed by atoms with E-state index in [1.54, 1.807) is 12.4 Å². The Bertz CT molecular complexity index is 302. The van der Waals surface area contributed by atoms with Gasteiger partial charge in [0.2, 0.25) is 5.88 Å². The van der Waals surface area contributed by atoms with Gasteiger partial charge in [0, 0.05) is 12.7 Å². The lowest BCUT2D eigenvalue weighted by atomic mass is 10.4. The van der Waals surface area contributed by atoms with E-state index in [1.807, 2.05) is 6.08 Å². The molecule has 0 atom stereocenters. The van der Waals surface area contributed by atoms with E-state index < -0.39 is 0 Å². The van der Waals surface area contributed by atoms with Crippen molar-refractivity contribution in [2.24, 2.45) is 0 Å². The molecular formula is C11H17N3O. The number of nitrogens with zero attached hydrogens (tertiary/aromatic N) is 2. The summed E-state index contributed by atoms with van der Waals surface area (Å²) in [6.45, 7) is 7.92. The molecule has 1 rings (SSSR count). The van der Waals surface area contributed by atoms with Crippen LogP contribution in [0.1, 0.15) is 19.0 Å². The second-order valence-electron chi connectivity index (χ2n) is 3.05. The maximum Gasteiger partial charge on any atom is 0.232 e. The van der Waals surface area contributed by atoms with Crippen LogP contribution in [0, 0.1) is 0 Å². The van der Waals surface area contributed by atoms with Crippen LogP contribution in [-0.2, 0) is 6.54 Å². The maximum absolute atomic E-state index is 5.39. The van der Waals surface area contributed by atoms with E-state index in [0.717, 1.165) is 25.2 Å². The first kappa shape index (κ1) is 11.7.